The van der Waals surface area contributed by atoms with Gasteiger partial charge in [0.05, 0.1) is 6.42 Å². The van der Waals surface area contributed by atoms with Gasteiger partial charge in [0.1, 0.15) is 0 Å². The van der Waals surface area contributed by atoms with Crippen molar-refractivity contribution in [1.29, 1.82) is 0 Å². The van der Waals surface area contributed by atoms with Crippen molar-refractivity contribution >= 4 is 11.6 Å². The van der Waals surface area contributed by atoms with E-state index in [0.29, 0.717) is 12.3 Å². The number of carbonyl (C=O) groups is 1. The maximum absolute atomic E-state index is 12.5. The van der Waals surface area contributed by atoms with Crippen LogP contribution in [0.2, 0.25) is 0 Å². The molecule has 0 spiro atoms. The first kappa shape index (κ1) is 17.9. The van der Waals surface area contributed by atoms with Crippen LogP contribution in [0.3, 0.4) is 0 Å². The number of rotatable bonds is 6. The molecule has 0 heterocycles. The lowest BCUT2D eigenvalue weighted by molar-refractivity contribution is -0.115. The smallest absolute Gasteiger partial charge is 0.228 e. The zero-order chi connectivity index (χ0) is 18.4. The first-order chi connectivity index (χ1) is 12.7. The van der Waals surface area contributed by atoms with Crippen molar-refractivity contribution in [3.8, 4) is 11.1 Å². The fraction of sp³-hybridized carbons (Fsp3) is 0.208. The Kier molecular flexibility index (Phi) is 5.85. The summed E-state index contributed by atoms with van der Waals surface area (Å²) in [7, 11) is 0. The SMILES string of the molecule is CC[C@@H](C)c1ccccc1NC(=O)Cc1ccc(-c2ccccc2)cc1. The number of carbonyl (C=O) groups excluding carboxylic acids is 1. The van der Waals surface area contributed by atoms with Gasteiger partial charge in [0.25, 0.3) is 0 Å². The van der Waals surface area contributed by atoms with Crippen LogP contribution in [0.25, 0.3) is 11.1 Å². The van der Waals surface area contributed by atoms with E-state index in [1.165, 1.54) is 11.1 Å². The van der Waals surface area contributed by atoms with E-state index in [1.807, 2.05) is 48.5 Å². The highest BCUT2D eigenvalue weighted by atomic mass is 16.1. The van der Waals surface area contributed by atoms with E-state index in [9.17, 15) is 4.79 Å². The molecule has 3 aromatic carbocycles. The van der Waals surface area contributed by atoms with Gasteiger partial charge in [-0.2, -0.15) is 0 Å². The molecule has 0 fully saturated rings. The monoisotopic (exact) mass is 343 g/mol. The molecule has 0 aliphatic rings. The topological polar surface area (TPSA) is 29.1 Å². The summed E-state index contributed by atoms with van der Waals surface area (Å²) in [6, 6.07) is 26.5. The Balaban J connectivity index is 1.67. The summed E-state index contributed by atoms with van der Waals surface area (Å²) in [5.41, 5.74) is 5.49. The third-order valence-electron chi connectivity index (χ3n) is 4.80. The van der Waals surface area contributed by atoms with Gasteiger partial charge in [-0.3, -0.25) is 4.79 Å². The van der Waals surface area contributed by atoms with Gasteiger partial charge in [-0.1, -0.05) is 86.6 Å². The summed E-state index contributed by atoms with van der Waals surface area (Å²) in [6.07, 6.45) is 1.43. The second-order valence-corrected chi connectivity index (χ2v) is 6.68. The Hall–Kier alpha value is -2.87. The summed E-state index contributed by atoms with van der Waals surface area (Å²) in [5, 5.41) is 3.08. The van der Waals surface area contributed by atoms with E-state index in [1.54, 1.807) is 0 Å². The molecule has 3 rings (SSSR count). The Bertz CT molecular complexity index is 853. The molecule has 0 aliphatic carbocycles. The molecule has 132 valence electrons. The van der Waals surface area contributed by atoms with Crippen LogP contribution in [0.4, 0.5) is 5.69 Å². The van der Waals surface area contributed by atoms with Gasteiger partial charge in [-0.15, -0.1) is 0 Å². The Labute approximate surface area is 155 Å². The predicted octanol–water partition coefficient (Wildman–Crippen LogP) is 6.05. The highest BCUT2D eigenvalue weighted by Crippen LogP contribution is 2.26. The number of benzene rings is 3. The van der Waals surface area contributed by atoms with Crippen LogP contribution in [0.5, 0.6) is 0 Å². The maximum Gasteiger partial charge on any atom is 0.228 e. The first-order valence-electron chi connectivity index (χ1n) is 9.20. The molecule has 2 nitrogen and oxygen atoms in total. The molecule has 26 heavy (non-hydrogen) atoms. The number of anilines is 1. The minimum atomic E-state index is 0.0215. The number of para-hydroxylation sites is 1. The molecule has 3 aromatic rings. The highest BCUT2D eigenvalue weighted by Gasteiger charge is 2.11. The van der Waals surface area contributed by atoms with Crippen molar-refractivity contribution < 1.29 is 4.79 Å². The average molecular weight is 343 g/mol. The quantitative estimate of drug-likeness (QED) is 0.580. The van der Waals surface area contributed by atoms with Gasteiger partial charge in [0.2, 0.25) is 5.91 Å². The molecule has 1 atom stereocenters. The first-order valence-corrected chi connectivity index (χ1v) is 9.20. The van der Waals surface area contributed by atoms with Crippen molar-refractivity contribution in [2.24, 2.45) is 0 Å². The zero-order valence-electron chi connectivity index (χ0n) is 15.4. The zero-order valence-corrected chi connectivity index (χ0v) is 15.4. The molecule has 0 saturated heterocycles. The van der Waals surface area contributed by atoms with Crippen LogP contribution < -0.4 is 5.32 Å². The Morgan fingerprint density at radius 2 is 1.46 bits per heavy atom. The van der Waals surface area contributed by atoms with E-state index >= 15 is 0 Å². The van der Waals surface area contributed by atoms with Gasteiger partial charge in [-0.25, -0.2) is 0 Å². The minimum Gasteiger partial charge on any atom is -0.326 e. The van der Waals surface area contributed by atoms with Crippen molar-refractivity contribution in [2.75, 3.05) is 5.32 Å². The predicted molar refractivity (Wildman–Crippen MR) is 109 cm³/mol. The lowest BCUT2D eigenvalue weighted by atomic mass is 9.96. The number of amides is 1. The van der Waals surface area contributed by atoms with Gasteiger partial charge in [0.15, 0.2) is 0 Å². The molecule has 0 bridgehead atoms. The summed E-state index contributed by atoms with van der Waals surface area (Å²) in [4.78, 5) is 12.5. The van der Waals surface area contributed by atoms with Gasteiger partial charge in [0, 0.05) is 5.69 Å². The second-order valence-electron chi connectivity index (χ2n) is 6.68. The van der Waals surface area contributed by atoms with E-state index in [4.69, 9.17) is 0 Å². The second kappa shape index (κ2) is 8.48. The van der Waals surface area contributed by atoms with E-state index in [-0.39, 0.29) is 5.91 Å². The normalized spacial score (nSPS) is 11.8. The molecule has 1 amide bonds. The van der Waals surface area contributed by atoms with Crippen LogP contribution in [-0.2, 0) is 11.2 Å². The standard InChI is InChI=1S/C24H25NO/c1-3-18(2)22-11-7-8-12-23(22)25-24(26)17-19-13-15-21(16-14-19)20-9-5-4-6-10-20/h4-16,18H,3,17H2,1-2H3,(H,25,26)/t18-/m1/s1. The average Bonchev–Trinajstić information content (AvgIpc) is 2.69. The lowest BCUT2D eigenvalue weighted by Gasteiger charge is -2.15. The van der Waals surface area contributed by atoms with E-state index in [2.05, 4.69) is 49.5 Å². The molecule has 0 unspecified atom stereocenters. The van der Waals surface area contributed by atoms with Gasteiger partial charge < -0.3 is 5.32 Å². The van der Waals surface area contributed by atoms with Gasteiger partial charge >= 0.3 is 0 Å². The Morgan fingerprint density at radius 3 is 2.15 bits per heavy atom. The van der Waals surface area contributed by atoms with Crippen LogP contribution in [0.1, 0.15) is 37.3 Å². The van der Waals surface area contributed by atoms with Crippen molar-refractivity contribution in [1.82, 2.24) is 0 Å². The highest BCUT2D eigenvalue weighted by molar-refractivity contribution is 5.93. The molecule has 0 aliphatic heterocycles. The number of nitrogens with one attached hydrogen (secondary N) is 1. The van der Waals surface area contributed by atoms with Crippen molar-refractivity contribution in [2.45, 2.75) is 32.6 Å². The lowest BCUT2D eigenvalue weighted by Crippen LogP contribution is -2.16. The summed E-state index contributed by atoms with van der Waals surface area (Å²) in [5.74, 6) is 0.449. The van der Waals surface area contributed by atoms with Crippen LogP contribution >= 0.6 is 0 Å². The number of hydrogen-bond donors (Lipinski definition) is 1. The fourth-order valence-corrected chi connectivity index (χ4v) is 3.09. The van der Waals surface area contributed by atoms with E-state index < -0.39 is 0 Å². The molecule has 2 heteroatoms. The Morgan fingerprint density at radius 1 is 0.846 bits per heavy atom. The number of hydrogen-bond acceptors (Lipinski definition) is 1. The van der Waals surface area contributed by atoms with Crippen LogP contribution in [-0.4, -0.2) is 5.91 Å². The third-order valence-corrected chi connectivity index (χ3v) is 4.80. The summed E-state index contributed by atoms with van der Waals surface area (Å²) in [6.45, 7) is 4.35. The largest absolute Gasteiger partial charge is 0.326 e. The van der Waals surface area contributed by atoms with Crippen molar-refractivity contribution in [3.05, 3.63) is 90.0 Å². The molecular weight excluding hydrogens is 318 g/mol. The maximum atomic E-state index is 12.5. The van der Waals surface area contributed by atoms with Crippen molar-refractivity contribution in [3.63, 3.8) is 0 Å². The fourth-order valence-electron chi connectivity index (χ4n) is 3.09. The van der Waals surface area contributed by atoms with Gasteiger partial charge in [-0.05, 0) is 40.7 Å². The van der Waals surface area contributed by atoms with Crippen LogP contribution in [0, 0.1) is 0 Å². The minimum absolute atomic E-state index is 0.0215. The summed E-state index contributed by atoms with van der Waals surface area (Å²) < 4.78 is 0. The molecular formula is C24H25NO. The van der Waals surface area contributed by atoms with E-state index in [0.717, 1.165) is 23.2 Å². The third kappa shape index (κ3) is 4.40. The summed E-state index contributed by atoms with van der Waals surface area (Å²) >= 11 is 0. The molecule has 1 N–H and O–H groups in total. The molecule has 0 radical (unpaired) electrons. The molecule has 0 aromatic heterocycles. The van der Waals surface area contributed by atoms with Crippen LogP contribution in [0.15, 0.2) is 78.9 Å². The molecule has 0 saturated carbocycles.